The lowest BCUT2D eigenvalue weighted by atomic mass is 10.1. The zero-order valence-corrected chi connectivity index (χ0v) is 15.1. The van der Waals surface area contributed by atoms with E-state index in [0.717, 1.165) is 37.4 Å². The van der Waals surface area contributed by atoms with Crippen LogP contribution in [0.2, 0.25) is 0 Å². The van der Waals surface area contributed by atoms with E-state index in [-0.39, 0.29) is 0 Å². The van der Waals surface area contributed by atoms with Crippen molar-refractivity contribution in [2.75, 3.05) is 11.1 Å². The van der Waals surface area contributed by atoms with Gasteiger partial charge in [0.05, 0.1) is 15.7 Å². The van der Waals surface area contributed by atoms with Gasteiger partial charge in [-0.15, -0.1) is 0 Å². The highest BCUT2D eigenvalue weighted by Crippen LogP contribution is 2.32. The van der Waals surface area contributed by atoms with Crippen LogP contribution in [0.5, 0.6) is 0 Å². The van der Waals surface area contributed by atoms with Gasteiger partial charge >= 0.3 is 0 Å². The van der Waals surface area contributed by atoms with E-state index in [1.165, 1.54) is 0 Å². The molecule has 3 heterocycles. The van der Waals surface area contributed by atoms with Crippen LogP contribution in [-0.2, 0) is 0 Å². The highest BCUT2D eigenvalue weighted by molar-refractivity contribution is 7.22. The zero-order chi connectivity index (χ0) is 18.2. The first kappa shape index (κ1) is 15.7. The average molecular weight is 369 g/mol. The van der Waals surface area contributed by atoms with Crippen LogP contribution < -0.4 is 11.1 Å². The number of fused-ring (bicyclic) bond motifs is 2. The third-order valence-corrected chi connectivity index (χ3v) is 5.25. The van der Waals surface area contributed by atoms with Crippen molar-refractivity contribution in [1.82, 2.24) is 15.0 Å². The Bertz CT molecular complexity index is 1280. The van der Waals surface area contributed by atoms with Crippen LogP contribution in [-0.4, -0.2) is 15.0 Å². The lowest BCUT2D eigenvalue weighted by Gasteiger charge is -2.03. The van der Waals surface area contributed by atoms with E-state index in [1.807, 2.05) is 42.6 Å². The Morgan fingerprint density at radius 1 is 0.815 bits per heavy atom. The summed E-state index contributed by atoms with van der Waals surface area (Å²) in [6, 6.07) is 22.1. The molecule has 2 aromatic carbocycles. The van der Waals surface area contributed by atoms with Gasteiger partial charge in [0.2, 0.25) is 0 Å². The quantitative estimate of drug-likeness (QED) is 0.455. The number of benzene rings is 2. The summed E-state index contributed by atoms with van der Waals surface area (Å²) in [6.45, 7) is 0. The van der Waals surface area contributed by atoms with Crippen molar-refractivity contribution in [1.29, 1.82) is 0 Å². The van der Waals surface area contributed by atoms with E-state index in [2.05, 4.69) is 44.5 Å². The Kier molecular flexibility index (Phi) is 3.69. The second-order valence-electron chi connectivity index (χ2n) is 6.19. The van der Waals surface area contributed by atoms with Gasteiger partial charge < -0.3 is 11.1 Å². The molecule has 0 amide bonds. The van der Waals surface area contributed by atoms with Gasteiger partial charge in [-0.05, 0) is 42.0 Å². The number of anilines is 3. The van der Waals surface area contributed by atoms with Gasteiger partial charge in [-0.2, -0.15) is 0 Å². The first-order chi connectivity index (χ1) is 13.2. The molecule has 0 spiro atoms. The first-order valence-corrected chi connectivity index (χ1v) is 9.32. The van der Waals surface area contributed by atoms with Crippen molar-refractivity contribution in [2.45, 2.75) is 0 Å². The van der Waals surface area contributed by atoms with Gasteiger partial charge in [-0.3, -0.25) is 4.98 Å². The van der Waals surface area contributed by atoms with E-state index in [9.17, 15) is 0 Å². The van der Waals surface area contributed by atoms with Crippen LogP contribution in [0.3, 0.4) is 0 Å². The van der Waals surface area contributed by atoms with Crippen LogP contribution in [0.1, 0.15) is 0 Å². The molecule has 0 bridgehead atoms. The largest absolute Gasteiger partial charge is 0.384 e. The van der Waals surface area contributed by atoms with E-state index in [4.69, 9.17) is 5.73 Å². The summed E-state index contributed by atoms with van der Waals surface area (Å²) < 4.78 is 1.10. The summed E-state index contributed by atoms with van der Waals surface area (Å²) in [5, 5.41) is 5.14. The molecule has 5 rings (SSSR count). The van der Waals surface area contributed by atoms with Crippen molar-refractivity contribution >= 4 is 49.2 Å². The van der Waals surface area contributed by atoms with Gasteiger partial charge in [0.15, 0.2) is 5.13 Å². The molecule has 0 saturated heterocycles. The monoisotopic (exact) mass is 369 g/mol. The topological polar surface area (TPSA) is 76.7 Å². The summed E-state index contributed by atoms with van der Waals surface area (Å²) in [6.07, 6.45) is 1.92. The lowest BCUT2D eigenvalue weighted by molar-refractivity contribution is 1.30. The molecule has 130 valence electrons. The maximum atomic E-state index is 5.74. The molecule has 0 unspecified atom stereocenters. The fraction of sp³-hybridized carbons (Fsp3) is 0. The van der Waals surface area contributed by atoms with E-state index < -0.39 is 0 Å². The number of rotatable bonds is 3. The Morgan fingerprint density at radius 3 is 2.67 bits per heavy atom. The fourth-order valence-corrected chi connectivity index (χ4v) is 3.93. The highest BCUT2D eigenvalue weighted by atomic mass is 32.1. The van der Waals surface area contributed by atoms with Crippen molar-refractivity contribution < 1.29 is 0 Å². The number of hydrogen-bond acceptors (Lipinski definition) is 6. The predicted molar refractivity (Wildman–Crippen MR) is 112 cm³/mol. The maximum absolute atomic E-state index is 5.74. The predicted octanol–water partition coefficient (Wildman–Crippen LogP) is 5.23. The summed E-state index contributed by atoms with van der Waals surface area (Å²) >= 11 is 1.59. The molecular weight excluding hydrogens is 354 g/mol. The van der Waals surface area contributed by atoms with Gasteiger partial charge in [-0.25, -0.2) is 9.97 Å². The Hall–Kier alpha value is -3.51. The summed E-state index contributed by atoms with van der Waals surface area (Å²) in [4.78, 5) is 13.5. The number of nitrogens with two attached hydrogens (primary N) is 1. The molecule has 0 aliphatic rings. The van der Waals surface area contributed by atoms with Crippen molar-refractivity contribution in [3.05, 3.63) is 72.9 Å². The van der Waals surface area contributed by atoms with Crippen molar-refractivity contribution in [3.8, 4) is 11.1 Å². The molecule has 5 aromatic rings. The standard InChI is InChI=1S/C21H15N5S/c22-19-6-3-7-20(25-19)26-21-24-17-9-8-13(11-18(17)27-21)15-10-14-4-1-2-5-16(14)23-12-15/h1-12H,(H3,22,24,25,26). The molecule has 27 heavy (non-hydrogen) atoms. The number of aromatic nitrogens is 3. The second kappa shape index (κ2) is 6.34. The van der Waals surface area contributed by atoms with E-state index in [1.54, 1.807) is 17.4 Å². The summed E-state index contributed by atoms with van der Waals surface area (Å²) in [5.41, 5.74) is 9.90. The minimum Gasteiger partial charge on any atom is -0.384 e. The number of nitrogens with one attached hydrogen (secondary N) is 1. The molecule has 6 heteroatoms. The first-order valence-electron chi connectivity index (χ1n) is 8.50. The number of hydrogen-bond donors (Lipinski definition) is 2. The average Bonchev–Trinajstić information content (AvgIpc) is 3.09. The van der Waals surface area contributed by atoms with Crippen LogP contribution >= 0.6 is 11.3 Å². The molecule has 3 N–H and O–H groups in total. The van der Waals surface area contributed by atoms with Crippen molar-refractivity contribution in [2.24, 2.45) is 0 Å². The number of thiazole rings is 1. The third-order valence-electron chi connectivity index (χ3n) is 4.32. The highest BCUT2D eigenvalue weighted by Gasteiger charge is 2.08. The van der Waals surface area contributed by atoms with Gasteiger partial charge in [-0.1, -0.05) is 41.7 Å². The smallest absolute Gasteiger partial charge is 0.189 e. The minimum absolute atomic E-state index is 0.479. The number of pyridine rings is 2. The second-order valence-corrected chi connectivity index (χ2v) is 7.22. The number of nitrogen functional groups attached to an aromatic ring is 1. The van der Waals surface area contributed by atoms with E-state index >= 15 is 0 Å². The molecule has 0 aliphatic carbocycles. The van der Waals surface area contributed by atoms with Crippen LogP contribution in [0.4, 0.5) is 16.8 Å². The minimum atomic E-state index is 0.479. The molecule has 0 aliphatic heterocycles. The Balaban J connectivity index is 1.51. The molecule has 0 fully saturated rings. The lowest BCUT2D eigenvalue weighted by Crippen LogP contribution is -1.95. The van der Waals surface area contributed by atoms with Gasteiger partial charge in [0.25, 0.3) is 0 Å². The maximum Gasteiger partial charge on any atom is 0.189 e. The molecule has 0 saturated carbocycles. The molecular formula is C21H15N5S. The van der Waals surface area contributed by atoms with Gasteiger partial charge in [0.1, 0.15) is 11.6 Å². The van der Waals surface area contributed by atoms with Crippen LogP contribution in [0.15, 0.2) is 72.9 Å². The van der Waals surface area contributed by atoms with Crippen molar-refractivity contribution in [3.63, 3.8) is 0 Å². The summed E-state index contributed by atoms with van der Waals surface area (Å²) in [7, 11) is 0. The molecule has 5 nitrogen and oxygen atoms in total. The van der Waals surface area contributed by atoms with Crippen LogP contribution in [0.25, 0.3) is 32.2 Å². The molecule has 3 aromatic heterocycles. The summed E-state index contributed by atoms with van der Waals surface area (Å²) in [5.74, 6) is 1.17. The Morgan fingerprint density at radius 2 is 1.74 bits per heavy atom. The number of nitrogens with zero attached hydrogens (tertiary/aromatic N) is 3. The van der Waals surface area contributed by atoms with E-state index in [0.29, 0.717) is 11.6 Å². The third kappa shape index (κ3) is 3.07. The number of para-hydroxylation sites is 1. The fourth-order valence-electron chi connectivity index (χ4n) is 3.02. The van der Waals surface area contributed by atoms with Crippen LogP contribution in [0, 0.1) is 0 Å². The van der Waals surface area contributed by atoms with Gasteiger partial charge in [0, 0.05) is 17.1 Å². The molecule has 0 radical (unpaired) electrons. The molecule has 0 atom stereocenters. The zero-order valence-electron chi connectivity index (χ0n) is 14.3. The SMILES string of the molecule is Nc1cccc(Nc2nc3ccc(-c4cnc5ccccc5c4)cc3s2)n1. The normalized spacial score (nSPS) is 11.1. The Labute approximate surface area is 159 Å².